The molecule has 0 radical (unpaired) electrons. The minimum Gasteiger partial charge on any atom is -0.0985 e. The van der Waals surface area contributed by atoms with Crippen molar-refractivity contribution in [2.45, 2.75) is 25.7 Å². The van der Waals surface area contributed by atoms with E-state index in [0.717, 1.165) is 12.8 Å². The van der Waals surface area contributed by atoms with Crippen LogP contribution in [0, 0.1) is 0 Å². The van der Waals surface area contributed by atoms with E-state index in [4.69, 9.17) is 0 Å². The van der Waals surface area contributed by atoms with Gasteiger partial charge >= 0.3 is 0 Å². The maximum Gasteiger partial charge on any atom is 0.0101 e. The first-order valence-corrected chi connectivity index (χ1v) is 7.24. The van der Waals surface area contributed by atoms with Gasteiger partial charge in [-0.15, -0.1) is 0 Å². The highest BCUT2D eigenvalue weighted by atomic mass is 14.2. The summed E-state index contributed by atoms with van der Waals surface area (Å²) in [6.07, 6.45) is 6.19. The lowest BCUT2D eigenvalue weighted by molar-refractivity contribution is 0.696. The van der Waals surface area contributed by atoms with E-state index in [9.17, 15) is 0 Å². The molecule has 2 aromatic carbocycles. The molecule has 0 heterocycles. The molecule has 0 aliphatic rings. The van der Waals surface area contributed by atoms with Gasteiger partial charge in [-0.05, 0) is 28.7 Å². The number of benzene rings is 2. The van der Waals surface area contributed by atoms with Crippen molar-refractivity contribution in [1.82, 2.24) is 0 Å². The Labute approximate surface area is 122 Å². The average Bonchev–Trinajstić information content (AvgIpc) is 2.52. The molecule has 0 N–H and O–H groups in total. The molecule has 2 rings (SSSR count). The van der Waals surface area contributed by atoms with E-state index < -0.39 is 0 Å². The van der Waals surface area contributed by atoms with Gasteiger partial charge in [-0.25, -0.2) is 0 Å². The lowest BCUT2D eigenvalue weighted by Gasteiger charge is -2.21. The first-order valence-electron chi connectivity index (χ1n) is 7.24. The molecule has 0 atom stereocenters. The highest BCUT2D eigenvalue weighted by Crippen LogP contribution is 2.34. The van der Waals surface area contributed by atoms with E-state index in [1.807, 2.05) is 12.2 Å². The molecule has 0 amide bonds. The average molecular weight is 262 g/mol. The summed E-state index contributed by atoms with van der Waals surface area (Å²) in [5.74, 6) is 0.406. The van der Waals surface area contributed by atoms with Gasteiger partial charge in [-0.1, -0.05) is 87.2 Å². The van der Waals surface area contributed by atoms with Gasteiger partial charge in [0.25, 0.3) is 0 Å². The van der Waals surface area contributed by atoms with Crippen LogP contribution >= 0.6 is 0 Å². The second-order valence-corrected chi connectivity index (χ2v) is 5.01. The molecule has 20 heavy (non-hydrogen) atoms. The third kappa shape index (κ3) is 2.91. The van der Waals surface area contributed by atoms with E-state index in [0.29, 0.717) is 5.92 Å². The van der Waals surface area contributed by atoms with Gasteiger partial charge in [0, 0.05) is 5.92 Å². The second kappa shape index (κ2) is 6.91. The predicted octanol–water partition coefficient (Wildman–Crippen LogP) is 5.90. The van der Waals surface area contributed by atoms with Crippen molar-refractivity contribution in [3.63, 3.8) is 0 Å². The van der Waals surface area contributed by atoms with Crippen molar-refractivity contribution < 1.29 is 0 Å². The molecule has 0 spiro atoms. The summed E-state index contributed by atoms with van der Waals surface area (Å²) in [4.78, 5) is 0. The summed E-state index contributed by atoms with van der Waals surface area (Å²) >= 11 is 0. The number of hydrogen-bond donors (Lipinski definition) is 0. The van der Waals surface area contributed by atoms with Crippen LogP contribution in [0.3, 0.4) is 0 Å². The molecule has 102 valence electrons. The van der Waals surface area contributed by atoms with Gasteiger partial charge < -0.3 is 0 Å². The van der Waals surface area contributed by atoms with Crippen molar-refractivity contribution in [2.75, 3.05) is 0 Å². The smallest absolute Gasteiger partial charge is 0.0101 e. The summed E-state index contributed by atoms with van der Waals surface area (Å²) in [7, 11) is 0. The Balaban J connectivity index is 2.56. The Morgan fingerprint density at radius 1 is 0.850 bits per heavy atom. The van der Waals surface area contributed by atoms with E-state index in [1.54, 1.807) is 0 Å². The Bertz CT molecular complexity index is 541. The molecule has 0 aromatic heterocycles. The van der Waals surface area contributed by atoms with Crippen LogP contribution in [-0.4, -0.2) is 0 Å². The summed E-state index contributed by atoms with van der Waals surface area (Å²) < 4.78 is 0. The van der Waals surface area contributed by atoms with Gasteiger partial charge in [0.1, 0.15) is 0 Å². The minimum atomic E-state index is 0.406. The summed E-state index contributed by atoms with van der Waals surface area (Å²) in [6.45, 7) is 10.1. The number of rotatable bonds is 6. The van der Waals surface area contributed by atoms with E-state index in [2.05, 4.69) is 68.6 Å². The van der Waals surface area contributed by atoms with Crippen molar-refractivity contribution in [3.05, 3.63) is 83.9 Å². The Hall–Kier alpha value is -2.08. The van der Waals surface area contributed by atoms with E-state index >= 15 is 0 Å². The fourth-order valence-electron chi connectivity index (χ4n) is 2.80. The Morgan fingerprint density at radius 2 is 1.30 bits per heavy atom. The van der Waals surface area contributed by atoms with Crippen molar-refractivity contribution in [1.29, 1.82) is 0 Å². The molecule has 0 heteroatoms. The third-order valence-electron chi connectivity index (χ3n) is 3.76. The molecule has 0 saturated carbocycles. The van der Waals surface area contributed by atoms with Crippen molar-refractivity contribution in [3.8, 4) is 0 Å². The van der Waals surface area contributed by atoms with Crippen LogP contribution in [0.2, 0.25) is 0 Å². The zero-order valence-electron chi connectivity index (χ0n) is 12.2. The third-order valence-corrected chi connectivity index (χ3v) is 3.76. The predicted molar refractivity (Wildman–Crippen MR) is 89.8 cm³/mol. The highest BCUT2D eigenvalue weighted by molar-refractivity contribution is 5.59. The largest absolute Gasteiger partial charge is 0.0985 e. The van der Waals surface area contributed by atoms with Gasteiger partial charge in [0.15, 0.2) is 0 Å². The summed E-state index contributed by atoms with van der Waals surface area (Å²) in [6, 6.07) is 17.1. The highest BCUT2D eigenvalue weighted by Gasteiger charge is 2.17. The van der Waals surface area contributed by atoms with Gasteiger partial charge in [0.2, 0.25) is 0 Å². The maximum atomic E-state index is 3.95. The Kier molecular flexibility index (Phi) is 4.95. The second-order valence-electron chi connectivity index (χ2n) is 5.01. The summed E-state index contributed by atoms with van der Waals surface area (Å²) in [5, 5.41) is 0. The molecule has 0 aliphatic carbocycles. The first-order chi connectivity index (χ1) is 9.81. The molecule has 0 bridgehead atoms. The van der Waals surface area contributed by atoms with Crippen LogP contribution in [0.5, 0.6) is 0 Å². The molecule has 0 unspecified atom stereocenters. The van der Waals surface area contributed by atoms with Gasteiger partial charge in [0.05, 0.1) is 0 Å². The molecule has 0 saturated heterocycles. The van der Waals surface area contributed by atoms with Crippen LogP contribution < -0.4 is 0 Å². The van der Waals surface area contributed by atoms with Crippen LogP contribution in [0.1, 0.15) is 47.9 Å². The van der Waals surface area contributed by atoms with Crippen LogP contribution in [0.4, 0.5) is 0 Å². The molecule has 0 fully saturated rings. The Morgan fingerprint density at radius 3 is 1.70 bits per heavy atom. The quantitative estimate of drug-likeness (QED) is 0.607. The van der Waals surface area contributed by atoms with Crippen LogP contribution in [0.25, 0.3) is 12.2 Å². The zero-order valence-corrected chi connectivity index (χ0v) is 12.2. The molecule has 0 nitrogen and oxygen atoms in total. The van der Waals surface area contributed by atoms with Crippen molar-refractivity contribution in [2.24, 2.45) is 0 Å². The fourth-order valence-corrected chi connectivity index (χ4v) is 2.80. The number of hydrogen-bond acceptors (Lipinski definition) is 0. The first kappa shape index (κ1) is 14.3. The van der Waals surface area contributed by atoms with Crippen LogP contribution in [-0.2, 0) is 0 Å². The summed E-state index contributed by atoms with van der Waals surface area (Å²) in [5.41, 5.74) is 5.17. The topological polar surface area (TPSA) is 0 Å². The molecule has 0 aliphatic heterocycles. The zero-order chi connectivity index (χ0) is 14.4. The maximum absolute atomic E-state index is 3.95. The standard InChI is InChI=1S/C20H22/c1-4-11-20(18-14-9-7-12-16(18)5-2)19-15-10-8-13-17(19)6-3/h5-10,12-15,20H,2-4,11H2,1H3. The van der Waals surface area contributed by atoms with Gasteiger partial charge in [-0.3, -0.25) is 0 Å². The monoisotopic (exact) mass is 262 g/mol. The molecular weight excluding hydrogens is 240 g/mol. The normalized spacial score (nSPS) is 10.5. The molecular formula is C20H22. The lowest BCUT2D eigenvalue weighted by atomic mass is 9.83. The van der Waals surface area contributed by atoms with E-state index in [-0.39, 0.29) is 0 Å². The lowest BCUT2D eigenvalue weighted by Crippen LogP contribution is -2.05. The SMILES string of the molecule is C=Cc1ccccc1C(CCC)c1ccccc1C=C. The van der Waals surface area contributed by atoms with E-state index in [1.165, 1.54) is 22.3 Å². The van der Waals surface area contributed by atoms with Crippen molar-refractivity contribution >= 4 is 12.2 Å². The minimum absolute atomic E-state index is 0.406. The van der Waals surface area contributed by atoms with Gasteiger partial charge in [-0.2, -0.15) is 0 Å². The van der Waals surface area contributed by atoms with Crippen LogP contribution in [0.15, 0.2) is 61.7 Å². The fraction of sp³-hybridized carbons (Fsp3) is 0.200. The molecule has 2 aromatic rings.